The van der Waals surface area contributed by atoms with Gasteiger partial charge in [-0.15, -0.1) is 0 Å². The minimum absolute atomic E-state index is 0.0981. The Kier molecular flexibility index (Phi) is 13.2. The SMILES string of the molecule is CC1CN(CCN(C(=O)OC(C)(C)C)c2cnc3ccc(-c4ncn(COCC[Si](C)(C)C)c4-c4cc(Cl)ccc4F)nc3c2)C[C@@H](C)N1C(=O)OC(C)(C)C. The lowest BCUT2D eigenvalue weighted by Crippen LogP contribution is -2.60. The number of rotatable bonds is 11. The molecule has 0 bridgehead atoms. The molecule has 3 aromatic heterocycles. The number of halogens is 2. The maximum Gasteiger partial charge on any atom is 0.414 e. The maximum atomic E-state index is 15.5. The third-order valence-corrected chi connectivity index (χ3v) is 11.1. The molecule has 1 unspecified atom stereocenters. The van der Waals surface area contributed by atoms with Gasteiger partial charge >= 0.3 is 12.2 Å². The Hall–Kier alpha value is -4.11. The van der Waals surface area contributed by atoms with E-state index in [1.165, 1.54) is 12.1 Å². The normalized spacial score (nSPS) is 17.0. The lowest BCUT2D eigenvalue weighted by molar-refractivity contribution is -0.0145. The van der Waals surface area contributed by atoms with E-state index in [1.807, 2.05) is 61.5 Å². The van der Waals surface area contributed by atoms with Crippen LogP contribution >= 0.6 is 11.6 Å². The van der Waals surface area contributed by atoms with Crippen LogP contribution in [0.5, 0.6) is 0 Å². The quantitative estimate of drug-likeness (QED) is 0.108. The highest BCUT2D eigenvalue weighted by molar-refractivity contribution is 6.76. The van der Waals surface area contributed by atoms with Gasteiger partial charge in [0.05, 0.1) is 40.6 Å². The number of hydrogen-bond acceptors (Lipinski definition) is 9. The fourth-order valence-corrected chi connectivity index (χ4v) is 7.55. The molecule has 0 saturated carbocycles. The molecule has 0 aliphatic carbocycles. The molecule has 15 heteroatoms. The number of nitrogens with zero attached hydrogens (tertiary/aromatic N) is 7. The summed E-state index contributed by atoms with van der Waals surface area (Å²) in [5.41, 5.74) is 1.99. The molecule has 4 aromatic rings. The van der Waals surface area contributed by atoms with E-state index in [1.54, 1.807) is 45.1 Å². The first-order valence-corrected chi connectivity index (χ1v) is 23.3. The van der Waals surface area contributed by atoms with Gasteiger partial charge in [-0.25, -0.2) is 23.9 Å². The summed E-state index contributed by atoms with van der Waals surface area (Å²) in [5.74, 6) is -0.452. The summed E-state index contributed by atoms with van der Waals surface area (Å²) in [6, 6.07) is 10.6. The van der Waals surface area contributed by atoms with Crippen molar-refractivity contribution in [3.63, 3.8) is 0 Å². The van der Waals surface area contributed by atoms with E-state index in [0.717, 1.165) is 6.04 Å². The molecule has 2 amide bonds. The van der Waals surface area contributed by atoms with Crippen molar-refractivity contribution < 1.29 is 28.2 Å². The fraction of sp³-hybridized carbons (Fsp3) is 0.537. The Bertz CT molecular complexity index is 2010. The lowest BCUT2D eigenvalue weighted by Gasteiger charge is -2.44. The standard InChI is InChI=1S/C41H57ClFN7O5Si/c1-27-23-47(24-28(2)50(27)39(52)55-41(6,7)8)16-17-49(38(51)54-40(3,4)5)30-21-35-33(44-22-30)14-15-34(46-35)36-37(31-20-29(42)12-13-32(31)43)48(25-45-36)26-53-18-19-56(9,10)11/h12-15,20-22,25,27-28H,16-19,23-24,26H2,1-11H3/t27-,28?/m1/s1. The first kappa shape index (κ1) is 43.0. The molecule has 4 heterocycles. The third kappa shape index (κ3) is 11.3. The van der Waals surface area contributed by atoms with E-state index in [9.17, 15) is 9.59 Å². The number of amides is 2. The van der Waals surface area contributed by atoms with Crippen LogP contribution in [0.4, 0.5) is 19.7 Å². The highest BCUT2D eigenvalue weighted by Crippen LogP contribution is 2.35. The van der Waals surface area contributed by atoms with E-state index >= 15 is 4.39 Å². The second-order valence-corrected chi connectivity index (χ2v) is 23.8. The molecule has 1 fully saturated rings. The van der Waals surface area contributed by atoms with Gasteiger partial charge in [0.2, 0.25) is 0 Å². The summed E-state index contributed by atoms with van der Waals surface area (Å²) in [5, 5.41) is 0.385. The number of benzene rings is 1. The average molecular weight is 810 g/mol. The first-order valence-electron chi connectivity index (χ1n) is 19.2. The lowest BCUT2D eigenvalue weighted by atomic mass is 10.1. The minimum atomic E-state index is -1.32. The van der Waals surface area contributed by atoms with Gasteiger partial charge in [0.25, 0.3) is 0 Å². The summed E-state index contributed by atoms with van der Waals surface area (Å²) in [6.45, 7) is 24.7. The highest BCUT2D eigenvalue weighted by atomic mass is 35.5. The number of carbonyl (C=O) groups is 2. The number of imidazole rings is 1. The van der Waals surface area contributed by atoms with Crippen LogP contribution in [0.3, 0.4) is 0 Å². The average Bonchev–Trinajstić information content (AvgIpc) is 3.48. The minimum Gasteiger partial charge on any atom is -0.444 e. The predicted molar refractivity (Wildman–Crippen MR) is 222 cm³/mol. The molecule has 1 aliphatic rings. The number of carbonyl (C=O) groups excluding carboxylic acids is 2. The van der Waals surface area contributed by atoms with Crippen LogP contribution in [0.2, 0.25) is 30.7 Å². The van der Waals surface area contributed by atoms with Gasteiger partial charge in [-0.1, -0.05) is 31.2 Å². The number of pyridine rings is 2. The molecule has 12 nitrogen and oxygen atoms in total. The monoisotopic (exact) mass is 809 g/mol. The number of hydrogen-bond donors (Lipinski definition) is 0. The van der Waals surface area contributed by atoms with Crippen molar-refractivity contribution in [2.24, 2.45) is 0 Å². The number of aromatic nitrogens is 4. The molecule has 1 saturated heterocycles. The van der Waals surface area contributed by atoms with Crippen LogP contribution in [-0.4, -0.2) is 106 Å². The van der Waals surface area contributed by atoms with Crippen molar-refractivity contribution in [1.29, 1.82) is 0 Å². The van der Waals surface area contributed by atoms with Crippen molar-refractivity contribution in [2.75, 3.05) is 37.7 Å². The maximum absolute atomic E-state index is 15.5. The number of anilines is 1. The topological polar surface area (TPSA) is 115 Å². The van der Waals surface area contributed by atoms with Crippen molar-refractivity contribution in [3.05, 3.63) is 59.8 Å². The summed E-state index contributed by atoms with van der Waals surface area (Å²) >= 11 is 6.37. The Labute approximate surface area is 336 Å². The second-order valence-electron chi connectivity index (χ2n) is 17.8. The molecule has 0 spiro atoms. The van der Waals surface area contributed by atoms with Crippen molar-refractivity contribution in [2.45, 2.75) is 111 Å². The zero-order valence-corrected chi connectivity index (χ0v) is 36.4. The van der Waals surface area contributed by atoms with Crippen molar-refractivity contribution >= 4 is 48.6 Å². The predicted octanol–water partition coefficient (Wildman–Crippen LogP) is 9.34. The molecular weight excluding hydrogens is 753 g/mol. The zero-order chi connectivity index (χ0) is 41.2. The van der Waals surface area contributed by atoms with Gasteiger partial charge in [0.15, 0.2) is 0 Å². The van der Waals surface area contributed by atoms with E-state index < -0.39 is 31.2 Å². The third-order valence-electron chi connectivity index (χ3n) is 9.18. The van der Waals surface area contributed by atoms with Crippen LogP contribution in [0, 0.1) is 5.82 Å². The van der Waals surface area contributed by atoms with E-state index in [2.05, 4.69) is 29.5 Å². The van der Waals surface area contributed by atoms with Gasteiger partial charge in [0, 0.05) is 63.5 Å². The Morgan fingerprint density at radius 3 is 2.27 bits per heavy atom. The Morgan fingerprint density at radius 2 is 1.62 bits per heavy atom. The molecule has 1 aromatic carbocycles. The van der Waals surface area contributed by atoms with Crippen molar-refractivity contribution in [3.8, 4) is 22.6 Å². The van der Waals surface area contributed by atoms with E-state index in [-0.39, 0.29) is 30.5 Å². The van der Waals surface area contributed by atoms with Crippen LogP contribution < -0.4 is 4.90 Å². The number of ether oxygens (including phenoxy) is 3. The largest absolute Gasteiger partial charge is 0.444 e. The van der Waals surface area contributed by atoms with Gasteiger partial charge < -0.3 is 23.7 Å². The zero-order valence-electron chi connectivity index (χ0n) is 34.7. The van der Waals surface area contributed by atoms with Gasteiger partial charge in [0.1, 0.15) is 29.4 Å². The van der Waals surface area contributed by atoms with E-state index in [0.29, 0.717) is 71.6 Å². The van der Waals surface area contributed by atoms with Gasteiger partial charge in [-0.3, -0.25) is 14.8 Å². The smallest absolute Gasteiger partial charge is 0.414 e. The molecule has 304 valence electrons. The van der Waals surface area contributed by atoms with Gasteiger partial charge in [-0.05, 0) is 97.8 Å². The fourth-order valence-electron chi connectivity index (χ4n) is 6.62. The van der Waals surface area contributed by atoms with Gasteiger partial charge in [-0.2, -0.15) is 0 Å². The van der Waals surface area contributed by atoms with Crippen LogP contribution in [0.1, 0.15) is 55.4 Å². The molecular formula is C41H57ClFN7O5Si. The summed E-state index contributed by atoms with van der Waals surface area (Å²) in [6.07, 6.45) is 2.41. The van der Waals surface area contributed by atoms with Crippen molar-refractivity contribution in [1.82, 2.24) is 29.3 Å². The van der Waals surface area contributed by atoms with E-state index in [4.69, 9.17) is 35.8 Å². The molecule has 5 rings (SSSR count). The summed E-state index contributed by atoms with van der Waals surface area (Å²) in [4.78, 5) is 46.7. The van der Waals surface area contributed by atoms with Crippen LogP contribution in [-0.2, 0) is 20.9 Å². The molecule has 1 aliphatic heterocycles. The summed E-state index contributed by atoms with van der Waals surface area (Å²) < 4.78 is 34.8. The molecule has 2 atom stereocenters. The Morgan fingerprint density at radius 1 is 0.946 bits per heavy atom. The molecule has 0 N–H and O–H groups in total. The van der Waals surface area contributed by atoms with Crippen LogP contribution in [0.15, 0.2) is 48.9 Å². The summed E-state index contributed by atoms with van der Waals surface area (Å²) in [7, 11) is -1.32. The number of piperazine rings is 1. The number of fused-ring (bicyclic) bond motifs is 1. The molecule has 0 radical (unpaired) electrons. The second kappa shape index (κ2) is 17.2. The Balaban J connectivity index is 1.45. The first-order chi connectivity index (χ1) is 26.1. The highest BCUT2D eigenvalue weighted by Gasteiger charge is 2.36. The molecule has 56 heavy (non-hydrogen) atoms. The van der Waals surface area contributed by atoms with Crippen LogP contribution in [0.25, 0.3) is 33.7 Å².